The Balaban J connectivity index is 0.00000102. The Morgan fingerprint density at radius 1 is 0.818 bits per heavy atom. The number of aromatic carboxylic acids is 2. The molecule has 22 heavy (non-hydrogen) atoms. The van der Waals surface area contributed by atoms with Crippen LogP contribution in [0.4, 0.5) is 0 Å². The van der Waals surface area contributed by atoms with E-state index in [2.05, 4.69) is 23.4 Å². The monoisotopic (exact) mass is 314 g/mol. The first-order valence-corrected chi connectivity index (χ1v) is 5.45. The predicted molar refractivity (Wildman–Crippen MR) is 68.0 cm³/mol. The SMILES string of the molecule is N[NH3+].N[NH3+].O=C([O-])c1cc2c(=O)[nH][nH]c(=O)c2cc1C(=O)[O-]. The maximum Gasteiger partial charge on any atom is 0.270 e. The molecule has 2 rings (SSSR count). The number of nitrogens with one attached hydrogen (secondary N) is 2. The van der Waals surface area contributed by atoms with E-state index >= 15 is 0 Å². The quantitative estimate of drug-likeness (QED) is 0.228. The Morgan fingerprint density at radius 2 is 1.09 bits per heavy atom. The normalized spacial score (nSPS) is 9.09. The van der Waals surface area contributed by atoms with Crippen molar-refractivity contribution in [1.29, 1.82) is 0 Å². The summed E-state index contributed by atoms with van der Waals surface area (Å²) in [6, 6.07) is 1.54. The number of aromatic nitrogens is 2. The number of carboxylic acids is 2. The Morgan fingerprint density at radius 3 is 1.32 bits per heavy atom. The first-order chi connectivity index (χ1) is 10.4. The zero-order chi connectivity index (χ0) is 17.4. The van der Waals surface area contributed by atoms with E-state index in [9.17, 15) is 29.4 Å². The molecule has 0 bridgehead atoms. The standard InChI is InChI=1S/C10H6N2O6.2H4N2/c13-7-3-1-5(9(15)16)6(10(17)18)2-4(3)8(14)12-11-7;2*1-2/h1-2H,(H,11,13)(H,12,14)(H,15,16)(H,17,18);2*1-2H2. The summed E-state index contributed by atoms with van der Waals surface area (Å²) in [7, 11) is 0. The summed E-state index contributed by atoms with van der Waals surface area (Å²) in [5.41, 5.74) is -2.95. The van der Waals surface area contributed by atoms with Gasteiger partial charge >= 0.3 is 0 Å². The topological polar surface area (TPSA) is 253 Å². The van der Waals surface area contributed by atoms with Crippen LogP contribution in [0.25, 0.3) is 10.8 Å². The number of H-pyrrole nitrogens is 2. The molecule has 0 saturated carbocycles. The van der Waals surface area contributed by atoms with Gasteiger partial charge in [0.1, 0.15) is 0 Å². The van der Waals surface area contributed by atoms with Crippen molar-refractivity contribution in [2.45, 2.75) is 0 Å². The average Bonchev–Trinajstić information content (AvgIpc) is 2.53. The van der Waals surface area contributed by atoms with E-state index in [1.807, 2.05) is 10.2 Å². The Labute approximate surface area is 121 Å². The Hall–Kier alpha value is -3.06. The van der Waals surface area contributed by atoms with Crippen LogP contribution in [0.2, 0.25) is 0 Å². The number of carboxylic acid groups (broad SMARTS) is 2. The third-order valence-corrected chi connectivity index (χ3v) is 2.38. The van der Waals surface area contributed by atoms with Crippen LogP contribution in [0.15, 0.2) is 21.7 Å². The number of hydrogen-bond donors (Lipinski definition) is 6. The van der Waals surface area contributed by atoms with Crippen molar-refractivity contribution in [1.82, 2.24) is 10.2 Å². The third-order valence-electron chi connectivity index (χ3n) is 2.38. The van der Waals surface area contributed by atoms with Crippen molar-refractivity contribution in [3.8, 4) is 0 Å². The third kappa shape index (κ3) is 3.74. The van der Waals surface area contributed by atoms with Crippen LogP contribution in [0.1, 0.15) is 20.7 Å². The summed E-state index contributed by atoms with van der Waals surface area (Å²) in [5, 5.41) is 25.0. The minimum Gasteiger partial charge on any atom is -0.545 e. The molecule has 0 aliphatic carbocycles. The first kappa shape index (κ1) is 18.9. The van der Waals surface area contributed by atoms with Crippen LogP contribution in [0.3, 0.4) is 0 Å². The molecule has 0 fully saturated rings. The number of aromatic amines is 2. The van der Waals surface area contributed by atoms with E-state index < -0.39 is 34.2 Å². The van der Waals surface area contributed by atoms with Gasteiger partial charge in [-0.25, -0.2) is 0 Å². The number of rotatable bonds is 2. The highest BCUT2D eigenvalue weighted by Gasteiger charge is 2.11. The molecule has 0 amide bonds. The fourth-order valence-corrected chi connectivity index (χ4v) is 1.56. The molecule has 0 radical (unpaired) electrons. The second-order valence-corrected chi connectivity index (χ2v) is 3.43. The predicted octanol–water partition coefficient (Wildman–Crippen LogP) is -6.85. The molecule has 0 unspecified atom stereocenters. The van der Waals surface area contributed by atoms with Crippen LogP contribution in [-0.2, 0) is 0 Å². The van der Waals surface area contributed by atoms with Crippen LogP contribution < -0.4 is 44.7 Å². The lowest BCUT2D eigenvalue weighted by Crippen LogP contribution is -2.59. The van der Waals surface area contributed by atoms with Gasteiger partial charge < -0.3 is 19.8 Å². The lowest BCUT2D eigenvalue weighted by molar-refractivity contribution is -0.379. The summed E-state index contributed by atoms with van der Waals surface area (Å²) >= 11 is 0. The molecule has 120 valence electrons. The van der Waals surface area contributed by atoms with E-state index in [1.165, 1.54) is 0 Å². The molecule has 1 heterocycles. The van der Waals surface area contributed by atoms with E-state index in [-0.39, 0.29) is 10.8 Å². The van der Waals surface area contributed by atoms with Gasteiger partial charge in [0.2, 0.25) is 0 Å². The van der Waals surface area contributed by atoms with Crippen LogP contribution in [-0.4, -0.2) is 22.1 Å². The maximum atomic E-state index is 11.4. The molecule has 12 heteroatoms. The Bertz CT molecular complexity index is 728. The molecule has 2 aromatic rings. The molecular formula is C10H14N6O6. The highest BCUT2D eigenvalue weighted by Crippen LogP contribution is 2.13. The van der Waals surface area contributed by atoms with E-state index in [0.717, 1.165) is 12.1 Å². The van der Waals surface area contributed by atoms with Gasteiger partial charge in [-0.2, -0.15) is 11.7 Å². The van der Waals surface area contributed by atoms with E-state index in [1.54, 1.807) is 0 Å². The smallest absolute Gasteiger partial charge is 0.270 e. The molecule has 0 aliphatic heterocycles. The van der Waals surface area contributed by atoms with Crippen molar-refractivity contribution < 1.29 is 31.5 Å². The molecule has 0 saturated heterocycles. The number of quaternary nitrogens is 2. The van der Waals surface area contributed by atoms with Crippen LogP contribution in [0.5, 0.6) is 0 Å². The maximum absolute atomic E-state index is 11.4. The highest BCUT2D eigenvalue weighted by molar-refractivity contribution is 6.04. The van der Waals surface area contributed by atoms with E-state index in [4.69, 9.17) is 0 Å². The first-order valence-electron chi connectivity index (χ1n) is 5.45. The van der Waals surface area contributed by atoms with Gasteiger partial charge in [-0.3, -0.25) is 31.5 Å². The molecular weight excluding hydrogens is 300 g/mol. The number of benzene rings is 1. The van der Waals surface area contributed by atoms with Crippen molar-refractivity contribution in [2.24, 2.45) is 11.7 Å². The number of carbonyl (C=O) groups excluding carboxylic acids is 2. The largest absolute Gasteiger partial charge is 0.545 e. The molecule has 1 aromatic heterocycles. The van der Waals surface area contributed by atoms with Crippen molar-refractivity contribution >= 4 is 22.7 Å². The van der Waals surface area contributed by atoms with E-state index in [0.29, 0.717) is 0 Å². The Kier molecular flexibility index (Phi) is 7.13. The van der Waals surface area contributed by atoms with Gasteiger partial charge in [-0.15, -0.1) is 0 Å². The zero-order valence-electron chi connectivity index (χ0n) is 11.2. The van der Waals surface area contributed by atoms with Gasteiger partial charge in [0.05, 0.1) is 22.7 Å². The van der Waals surface area contributed by atoms with Gasteiger partial charge in [-0.05, 0) is 12.1 Å². The average molecular weight is 314 g/mol. The lowest BCUT2D eigenvalue weighted by Gasteiger charge is -2.12. The number of hydrogen-bond acceptors (Lipinski definition) is 8. The van der Waals surface area contributed by atoms with Crippen molar-refractivity contribution in [2.75, 3.05) is 0 Å². The van der Waals surface area contributed by atoms with Crippen LogP contribution >= 0.6 is 0 Å². The van der Waals surface area contributed by atoms with Gasteiger partial charge in [0.15, 0.2) is 0 Å². The lowest BCUT2D eigenvalue weighted by atomic mass is 10.0. The zero-order valence-corrected chi connectivity index (χ0v) is 11.2. The minimum absolute atomic E-state index is 0.247. The summed E-state index contributed by atoms with van der Waals surface area (Å²) in [6.45, 7) is 0. The molecule has 0 spiro atoms. The summed E-state index contributed by atoms with van der Waals surface area (Å²) in [5.74, 6) is 10.4. The number of nitrogens with two attached hydrogens (primary N) is 2. The summed E-state index contributed by atoms with van der Waals surface area (Å²) in [4.78, 5) is 44.3. The molecule has 0 atom stereocenters. The minimum atomic E-state index is -1.78. The molecule has 12 N–H and O–H groups in total. The summed E-state index contributed by atoms with van der Waals surface area (Å²) < 4.78 is 0. The highest BCUT2D eigenvalue weighted by atomic mass is 16.4. The van der Waals surface area contributed by atoms with Gasteiger partial charge in [0, 0.05) is 11.1 Å². The van der Waals surface area contributed by atoms with Gasteiger partial charge in [-0.1, -0.05) is 0 Å². The number of carbonyl (C=O) groups is 2. The fourth-order valence-electron chi connectivity index (χ4n) is 1.56. The van der Waals surface area contributed by atoms with Crippen molar-refractivity contribution in [3.05, 3.63) is 44.0 Å². The molecule has 12 nitrogen and oxygen atoms in total. The van der Waals surface area contributed by atoms with Gasteiger partial charge in [0.25, 0.3) is 11.1 Å². The second kappa shape index (κ2) is 8.28. The second-order valence-electron chi connectivity index (χ2n) is 3.43. The number of fused-ring (bicyclic) bond motifs is 1. The van der Waals surface area contributed by atoms with Crippen LogP contribution in [0, 0.1) is 0 Å². The molecule has 1 aromatic carbocycles. The van der Waals surface area contributed by atoms with Crippen molar-refractivity contribution in [3.63, 3.8) is 0 Å². The summed E-state index contributed by atoms with van der Waals surface area (Å²) in [6.07, 6.45) is 0. The molecule has 0 aliphatic rings. The fraction of sp³-hybridized carbons (Fsp3) is 0.